The molecule has 1 aromatic rings. The van der Waals surface area contributed by atoms with Gasteiger partial charge in [-0.05, 0) is 43.2 Å². The third-order valence-corrected chi connectivity index (χ3v) is 6.60. The number of unbranched alkanes of at least 4 members (excludes halogenated alkanes) is 3. The van der Waals surface area contributed by atoms with Gasteiger partial charge in [0.15, 0.2) is 0 Å². The van der Waals surface area contributed by atoms with Gasteiger partial charge in [-0.3, -0.25) is 4.79 Å². The number of carboxylic acids is 1. The number of benzene rings is 1. The van der Waals surface area contributed by atoms with Crippen LogP contribution < -0.4 is 9.47 Å². The quantitative estimate of drug-likeness (QED) is 0.120. The highest BCUT2D eigenvalue weighted by Gasteiger charge is 2.27. The van der Waals surface area contributed by atoms with Crippen molar-refractivity contribution in [2.24, 2.45) is 0 Å². The topological polar surface area (TPSA) is 104 Å². The van der Waals surface area contributed by atoms with Crippen LogP contribution in [-0.2, 0) is 25.6 Å². The lowest BCUT2D eigenvalue weighted by molar-refractivity contribution is -0.873. The monoisotopic (exact) mass is 525 g/mol. The lowest BCUT2D eigenvalue weighted by Gasteiger charge is -2.30. The van der Waals surface area contributed by atoms with E-state index in [1.807, 2.05) is 45.4 Å². The maximum Gasteiger partial charge on any atom is 0.306 e. The smallest absolute Gasteiger partial charge is 0.306 e. The molecule has 2 atom stereocenters. The fourth-order valence-corrected chi connectivity index (χ4v) is 5.10. The van der Waals surface area contributed by atoms with Gasteiger partial charge in [-0.1, -0.05) is 38.1 Å². The van der Waals surface area contributed by atoms with E-state index in [0.717, 1.165) is 30.8 Å². The molecule has 0 radical (unpaired) electrons. The molecule has 0 aliphatic rings. The van der Waals surface area contributed by atoms with Crippen LogP contribution in [0.2, 0.25) is 0 Å². The van der Waals surface area contributed by atoms with Gasteiger partial charge in [0.1, 0.15) is 24.1 Å². The first-order chi connectivity index (χ1) is 15.0. The van der Waals surface area contributed by atoms with Gasteiger partial charge in [-0.25, -0.2) is 0 Å². The Balaban J connectivity index is 0.0000102. The Morgan fingerprint density at radius 2 is 1.64 bits per heavy atom. The third-order valence-electron chi connectivity index (χ3n) is 4.32. The van der Waals surface area contributed by atoms with Crippen molar-refractivity contribution in [3.63, 3.8) is 0 Å². The summed E-state index contributed by atoms with van der Waals surface area (Å²) in [4.78, 5) is 11.1. The molecule has 0 amide bonds. The molecule has 2 unspecified atom stereocenters. The molecule has 0 heterocycles. The van der Waals surface area contributed by atoms with Gasteiger partial charge < -0.3 is 33.6 Å². The van der Waals surface area contributed by atoms with E-state index in [9.17, 15) is 4.79 Å². The van der Waals surface area contributed by atoms with Crippen molar-refractivity contribution in [3.05, 3.63) is 24.3 Å². The molecular formula is C22H40NO7PS2. The Morgan fingerprint density at radius 1 is 1.09 bits per heavy atom. The molecule has 8 nitrogen and oxygen atoms in total. The van der Waals surface area contributed by atoms with E-state index in [2.05, 4.69) is 19.2 Å². The van der Waals surface area contributed by atoms with E-state index >= 15 is 0 Å². The zero-order valence-corrected chi connectivity index (χ0v) is 22.7. The molecule has 0 spiro atoms. The van der Waals surface area contributed by atoms with Crippen LogP contribution in [-0.4, -0.2) is 74.6 Å². The highest BCUT2D eigenvalue weighted by Crippen LogP contribution is 2.54. The molecule has 0 saturated carbocycles. The molecule has 2 N–H and O–H groups in total. The van der Waals surface area contributed by atoms with Crippen LogP contribution in [0.5, 0.6) is 11.5 Å². The Bertz CT molecular complexity index is 731. The van der Waals surface area contributed by atoms with E-state index in [0.29, 0.717) is 30.8 Å². The summed E-state index contributed by atoms with van der Waals surface area (Å²) in [5.74, 6) is 0.664. The molecule has 0 fully saturated rings. The number of likely N-dealkylation sites (N-methyl/N-ethyl adjacent to an activating group) is 1. The van der Waals surface area contributed by atoms with Crippen LogP contribution in [0.25, 0.3) is 0 Å². The maximum atomic E-state index is 11.1. The van der Waals surface area contributed by atoms with E-state index in [1.54, 1.807) is 0 Å². The van der Waals surface area contributed by atoms with E-state index in [-0.39, 0.29) is 11.9 Å². The standard InChI is InChI=1S/C22H38NO6PS2.H2O/c1-5-6-7-13-26-19-11-10-12-20(16-19)27-14-8-9-15-28-30(31,32)29-21(17-22(24)25)18-23(2,3)4;/h10-12,16,21H,5-9,13-15,17-18H2,1-4H3,(H-,24,25,31,32);1H2. The van der Waals surface area contributed by atoms with Crippen molar-refractivity contribution >= 4 is 35.7 Å². The summed E-state index contributed by atoms with van der Waals surface area (Å²) in [5.41, 5.74) is -2.82. The molecular weight excluding hydrogens is 485 g/mol. The second-order valence-electron chi connectivity index (χ2n) is 8.69. The maximum absolute atomic E-state index is 11.1. The van der Waals surface area contributed by atoms with Crippen LogP contribution in [0.4, 0.5) is 0 Å². The van der Waals surface area contributed by atoms with E-state index in [1.165, 1.54) is 12.8 Å². The second-order valence-corrected chi connectivity index (χ2v) is 13.9. The number of carboxylic acid groups (broad SMARTS) is 1. The minimum absolute atomic E-state index is 0. The fraction of sp³-hybridized carbons (Fsp3) is 0.682. The number of quaternary nitrogens is 1. The predicted molar refractivity (Wildman–Crippen MR) is 137 cm³/mol. The number of thiol groups is 1. The van der Waals surface area contributed by atoms with Gasteiger partial charge in [0.05, 0.1) is 47.4 Å². The van der Waals surface area contributed by atoms with Gasteiger partial charge in [0, 0.05) is 6.07 Å². The number of aliphatic carboxylic acids is 1. The first-order valence-corrected chi connectivity index (χ1v) is 14.8. The van der Waals surface area contributed by atoms with Crippen LogP contribution in [0.15, 0.2) is 24.3 Å². The van der Waals surface area contributed by atoms with E-state index < -0.39 is 17.8 Å². The molecule has 1 rings (SSSR count). The Hall–Kier alpha value is -0.870. The number of hydrogen-bond acceptors (Lipinski definition) is 7. The van der Waals surface area contributed by atoms with Crippen molar-refractivity contribution in [2.75, 3.05) is 47.5 Å². The van der Waals surface area contributed by atoms with Crippen molar-refractivity contribution in [1.82, 2.24) is 0 Å². The molecule has 1 aromatic carbocycles. The average molecular weight is 526 g/mol. The minimum Gasteiger partial charge on any atom is -0.870 e. The van der Waals surface area contributed by atoms with Gasteiger partial charge in [0.2, 0.25) is 5.69 Å². The number of carbonyl (C=O) groups is 1. The summed E-state index contributed by atoms with van der Waals surface area (Å²) >= 11 is 9.74. The molecule has 33 heavy (non-hydrogen) atoms. The van der Waals surface area contributed by atoms with E-state index in [4.69, 9.17) is 35.4 Å². The Labute approximate surface area is 208 Å². The van der Waals surface area contributed by atoms with Crippen molar-refractivity contribution in [3.8, 4) is 11.5 Å². The lowest BCUT2D eigenvalue weighted by Crippen LogP contribution is -2.42. The third kappa shape index (κ3) is 17.3. The van der Waals surface area contributed by atoms with Crippen molar-refractivity contribution in [1.29, 1.82) is 0 Å². The van der Waals surface area contributed by atoms with Gasteiger partial charge >= 0.3 is 5.97 Å². The summed E-state index contributed by atoms with van der Waals surface area (Å²) in [6.45, 7) is 4.32. The lowest BCUT2D eigenvalue weighted by atomic mass is 10.2. The molecule has 0 bridgehead atoms. The zero-order chi connectivity index (χ0) is 24.0. The SMILES string of the molecule is CCCCCOc1cccc(OCCCCOP(=S)(S)OC(CC(=O)O)C[N+](C)(C)C)c1.[OH-]. The normalized spacial score (nSPS) is 14.1. The van der Waals surface area contributed by atoms with Crippen LogP contribution in [0.3, 0.4) is 0 Å². The number of rotatable bonds is 18. The van der Waals surface area contributed by atoms with Crippen LogP contribution in [0, 0.1) is 0 Å². The largest absolute Gasteiger partial charge is 0.870 e. The summed E-state index contributed by atoms with van der Waals surface area (Å²) in [6.07, 6.45) is 4.22. The zero-order valence-electron chi connectivity index (χ0n) is 20.1. The van der Waals surface area contributed by atoms with Gasteiger partial charge in [-0.2, -0.15) is 0 Å². The highest BCUT2D eigenvalue weighted by molar-refractivity contribution is 8.60. The number of hydrogen-bond donors (Lipinski definition) is 2. The van der Waals surface area contributed by atoms with Crippen LogP contribution in [0.1, 0.15) is 45.4 Å². The second kappa shape index (κ2) is 16.7. The molecule has 0 aliphatic heterocycles. The highest BCUT2D eigenvalue weighted by atomic mass is 32.9. The van der Waals surface area contributed by atoms with Gasteiger partial charge in [0.25, 0.3) is 0 Å². The average Bonchev–Trinajstić information content (AvgIpc) is 2.66. The summed E-state index contributed by atoms with van der Waals surface area (Å²) in [6, 6.07) is 7.67. The van der Waals surface area contributed by atoms with Gasteiger partial charge in [-0.15, -0.1) is 0 Å². The number of ether oxygens (including phenoxy) is 2. The minimum atomic E-state index is -2.82. The fourth-order valence-electron chi connectivity index (χ4n) is 2.93. The molecule has 0 aromatic heterocycles. The van der Waals surface area contributed by atoms with Crippen molar-refractivity contribution < 1.29 is 38.4 Å². The summed E-state index contributed by atoms with van der Waals surface area (Å²) < 4.78 is 23.6. The molecule has 0 saturated heterocycles. The first kappa shape index (κ1) is 32.1. The molecule has 192 valence electrons. The van der Waals surface area contributed by atoms with Crippen molar-refractivity contribution in [2.45, 2.75) is 51.6 Å². The molecule has 11 heteroatoms. The first-order valence-electron chi connectivity index (χ1n) is 11.0. The Kier molecular flexibility index (Phi) is 16.3. The summed E-state index contributed by atoms with van der Waals surface area (Å²) in [7, 11) is 5.90. The predicted octanol–water partition coefficient (Wildman–Crippen LogP) is 4.97. The Morgan fingerprint density at radius 3 is 2.15 bits per heavy atom. The summed E-state index contributed by atoms with van der Waals surface area (Å²) in [5, 5.41) is 9.13. The van der Waals surface area contributed by atoms with Crippen LogP contribution >= 0.6 is 17.9 Å². The molecule has 0 aliphatic carbocycles. The number of nitrogens with zero attached hydrogens (tertiary/aromatic N) is 1.